The van der Waals surface area contributed by atoms with E-state index in [0.717, 1.165) is 43.7 Å². The monoisotopic (exact) mass is 523 g/mol. The van der Waals surface area contributed by atoms with E-state index in [1.807, 2.05) is 11.8 Å². The molecule has 2 heterocycles. The second-order valence-corrected chi connectivity index (χ2v) is 9.73. The Labute approximate surface area is 221 Å². The fourth-order valence-corrected chi connectivity index (χ4v) is 4.43. The summed E-state index contributed by atoms with van der Waals surface area (Å²) in [6, 6.07) is 12.7. The van der Waals surface area contributed by atoms with Gasteiger partial charge in [-0.05, 0) is 73.7 Å². The number of hydrogen-bond acceptors (Lipinski definition) is 6. The number of amides is 3. The molecule has 0 aliphatic carbocycles. The van der Waals surface area contributed by atoms with Crippen molar-refractivity contribution in [2.45, 2.75) is 39.5 Å². The van der Waals surface area contributed by atoms with E-state index in [9.17, 15) is 19.2 Å². The van der Waals surface area contributed by atoms with Gasteiger partial charge in [0.25, 0.3) is 17.7 Å². The van der Waals surface area contributed by atoms with Crippen molar-refractivity contribution in [1.82, 2.24) is 4.90 Å². The molecule has 0 spiro atoms. The Hall–Kier alpha value is -3.65. The molecule has 2 aromatic rings. The molecule has 0 aromatic heterocycles. The molecule has 1 fully saturated rings. The summed E-state index contributed by atoms with van der Waals surface area (Å²) in [7, 11) is 0. The molecule has 0 unspecified atom stereocenters. The second kappa shape index (κ2) is 11.6. The summed E-state index contributed by atoms with van der Waals surface area (Å²) in [5, 5.41) is 2.68. The maximum absolute atomic E-state index is 13.1. The van der Waals surface area contributed by atoms with Crippen molar-refractivity contribution in [3.05, 3.63) is 70.4 Å². The van der Waals surface area contributed by atoms with Crippen LogP contribution in [0.2, 0.25) is 0 Å². The van der Waals surface area contributed by atoms with Gasteiger partial charge >= 0.3 is 5.97 Å². The Bertz CT molecular complexity index is 1220. The number of likely N-dealkylation sites (tertiary alicyclic amines) is 1. The fraction of sp³-hybridized carbons (Fsp3) is 0.357. The zero-order valence-corrected chi connectivity index (χ0v) is 21.7. The lowest BCUT2D eigenvalue weighted by atomic mass is 9.98. The first-order chi connectivity index (χ1) is 17.8. The molecular weight excluding hydrogens is 494 g/mol. The molecule has 9 heteroatoms. The minimum Gasteiger partial charge on any atom is -0.462 e. The number of anilines is 2. The predicted octanol–water partition coefficient (Wildman–Crippen LogP) is 4.95. The molecule has 4 rings (SSSR count). The molecular formula is C28H30ClN3O5. The average molecular weight is 524 g/mol. The van der Waals surface area contributed by atoms with Crippen LogP contribution in [-0.2, 0) is 14.3 Å². The summed E-state index contributed by atoms with van der Waals surface area (Å²) < 4.78 is 5.19. The van der Waals surface area contributed by atoms with Gasteiger partial charge in [0.05, 0.1) is 17.9 Å². The summed E-state index contributed by atoms with van der Waals surface area (Å²) in [5.41, 5.74) is 1.63. The SMILES string of the molecule is CCCCOC(=O)c1ccc(N2C(=O)C(Cl)=C(Nc3ccc(C(=O)N4CCC(C)CC4)cc3)C2=O)cc1. The third kappa shape index (κ3) is 5.85. The number of rotatable bonds is 8. The van der Waals surface area contributed by atoms with Gasteiger partial charge in [0.15, 0.2) is 0 Å². The molecule has 0 radical (unpaired) electrons. The van der Waals surface area contributed by atoms with Gasteiger partial charge in [-0.3, -0.25) is 14.4 Å². The Kier molecular flexibility index (Phi) is 8.28. The molecule has 1 saturated heterocycles. The lowest BCUT2D eigenvalue weighted by molar-refractivity contribution is -0.120. The van der Waals surface area contributed by atoms with Crippen molar-refractivity contribution in [1.29, 1.82) is 0 Å². The summed E-state index contributed by atoms with van der Waals surface area (Å²) >= 11 is 6.24. The number of carbonyl (C=O) groups excluding carboxylic acids is 4. The van der Waals surface area contributed by atoms with Gasteiger partial charge in [-0.2, -0.15) is 0 Å². The van der Waals surface area contributed by atoms with Gasteiger partial charge < -0.3 is 15.0 Å². The Morgan fingerprint density at radius 1 is 0.973 bits per heavy atom. The largest absolute Gasteiger partial charge is 0.462 e. The van der Waals surface area contributed by atoms with E-state index in [1.54, 1.807) is 24.3 Å². The van der Waals surface area contributed by atoms with E-state index in [1.165, 1.54) is 24.3 Å². The molecule has 3 amide bonds. The molecule has 2 aromatic carbocycles. The molecule has 2 aliphatic heterocycles. The van der Waals surface area contributed by atoms with Gasteiger partial charge in [-0.25, -0.2) is 9.69 Å². The van der Waals surface area contributed by atoms with Crippen LogP contribution in [0.25, 0.3) is 0 Å². The van der Waals surface area contributed by atoms with E-state index in [2.05, 4.69) is 12.2 Å². The lowest BCUT2D eigenvalue weighted by Crippen LogP contribution is -2.37. The number of halogens is 1. The van der Waals surface area contributed by atoms with Crippen LogP contribution in [0.5, 0.6) is 0 Å². The van der Waals surface area contributed by atoms with Gasteiger partial charge in [0.2, 0.25) is 0 Å². The zero-order chi connectivity index (χ0) is 26.5. The van der Waals surface area contributed by atoms with Crippen LogP contribution in [0.15, 0.2) is 59.3 Å². The number of benzene rings is 2. The average Bonchev–Trinajstić information content (AvgIpc) is 3.12. The first-order valence-corrected chi connectivity index (χ1v) is 12.9. The van der Waals surface area contributed by atoms with E-state index in [0.29, 0.717) is 29.3 Å². The van der Waals surface area contributed by atoms with E-state index in [4.69, 9.17) is 16.3 Å². The molecule has 0 atom stereocenters. The van der Waals surface area contributed by atoms with Crippen LogP contribution in [0.1, 0.15) is 60.2 Å². The number of imide groups is 1. The van der Waals surface area contributed by atoms with Crippen LogP contribution < -0.4 is 10.2 Å². The van der Waals surface area contributed by atoms with Crippen LogP contribution in [0.4, 0.5) is 11.4 Å². The highest BCUT2D eigenvalue weighted by atomic mass is 35.5. The van der Waals surface area contributed by atoms with Crippen LogP contribution in [0.3, 0.4) is 0 Å². The van der Waals surface area contributed by atoms with Gasteiger partial charge in [-0.15, -0.1) is 0 Å². The summed E-state index contributed by atoms with van der Waals surface area (Å²) in [5.74, 6) is -1.14. The van der Waals surface area contributed by atoms with Crippen molar-refractivity contribution in [3.8, 4) is 0 Å². The van der Waals surface area contributed by atoms with Gasteiger partial charge in [-0.1, -0.05) is 31.9 Å². The first kappa shape index (κ1) is 26.4. The van der Waals surface area contributed by atoms with Crippen LogP contribution >= 0.6 is 11.6 Å². The minimum atomic E-state index is -0.668. The number of unbranched alkanes of at least 4 members (excludes halogenated alkanes) is 1. The van der Waals surface area contributed by atoms with Crippen molar-refractivity contribution in [2.24, 2.45) is 5.92 Å². The molecule has 8 nitrogen and oxygen atoms in total. The smallest absolute Gasteiger partial charge is 0.338 e. The number of piperidine rings is 1. The number of hydrogen-bond donors (Lipinski definition) is 1. The Morgan fingerprint density at radius 2 is 1.59 bits per heavy atom. The number of nitrogens with one attached hydrogen (secondary N) is 1. The third-order valence-corrected chi connectivity index (χ3v) is 6.94. The maximum Gasteiger partial charge on any atom is 0.338 e. The topological polar surface area (TPSA) is 96.0 Å². The van der Waals surface area contributed by atoms with Crippen molar-refractivity contribution < 1.29 is 23.9 Å². The first-order valence-electron chi connectivity index (χ1n) is 12.5. The van der Waals surface area contributed by atoms with Crippen LogP contribution in [0, 0.1) is 5.92 Å². The quantitative estimate of drug-likeness (QED) is 0.299. The Morgan fingerprint density at radius 3 is 2.22 bits per heavy atom. The molecule has 2 aliphatic rings. The molecule has 1 N–H and O–H groups in total. The van der Waals surface area contributed by atoms with E-state index in [-0.39, 0.29) is 22.3 Å². The zero-order valence-electron chi connectivity index (χ0n) is 21.0. The maximum atomic E-state index is 13.1. The molecule has 0 saturated carbocycles. The minimum absolute atomic E-state index is 0.0216. The fourth-order valence-electron chi connectivity index (χ4n) is 4.22. The molecule has 0 bridgehead atoms. The van der Waals surface area contributed by atoms with Crippen molar-refractivity contribution >= 4 is 46.7 Å². The predicted molar refractivity (Wildman–Crippen MR) is 141 cm³/mol. The van der Waals surface area contributed by atoms with E-state index < -0.39 is 17.8 Å². The summed E-state index contributed by atoms with van der Waals surface area (Å²) in [4.78, 5) is 53.6. The third-order valence-electron chi connectivity index (χ3n) is 6.59. The second-order valence-electron chi connectivity index (χ2n) is 9.35. The number of nitrogens with zero attached hydrogens (tertiary/aromatic N) is 2. The molecule has 37 heavy (non-hydrogen) atoms. The summed E-state index contributed by atoms with van der Waals surface area (Å²) in [6.45, 7) is 6.02. The number of ether oxygens (including phenoxy) is 1. The highest BCUT2D eigenvalue weighted by Crippen LogP contribution is 2.30. The summed E-state index contributed by atoms with van der Waals surface area (Å²) in [6.07, 6.45) is 3.68. The van der Waals surface area contributed by atoms with Gasteiger partial charge in [0.1, 0.15) is 10.7 Å². The number of esters is 1. The normalized spacial score (nSPS) is 16.4. The molecule has 194 valence electrons. The van der Waals surface area contributed by atoms with Crippen LogP contribution in [-0.4, -0.2) is 48.3 Å². The highest BCUT2D eigenvalue weighted by molar-refractivity contribution is 6.53. The number of carbonyl (C=O) groups is 4. The van der Waals surface area contributed by atoms with Crippen molar-refractivity contribution in [2.75, 3.05) is 29.9 Å². The standard InChI is InChI=1S/C28H30ClN3O5/c1-3-4-17-37-28(36)20-7-11-22(12-8-20)32-26(34)23(29)24(27(32)35)30-21-9-5-19(6-10-21)25(33)31-15-13-18(2)14-16-31/h5-12,18,30H,3-4,13-17H2,1-2H3. The highest BCUT2D eigenvalue weighted by Gasteiger charge is 2.39. The lowest BCUT2D eigenvalue weighted by Gasteiger charge is -2.30. The van der Waals surface area contributed by atoms with Crippen molar-refractivity contribution in [3.63, 3.8) is 0 Å². The van der Waals surface area contributed by atoms with E-state index >= 15 is 0 Å². The van der Waals surface area contributed by atoms with Gasteiger partial charge in [0, 0.05) is 24.3 Å². The Balaban J connectivity index is 1.41.